The van der Waals surface area contributed by atoms with Crippen LogP contribution in [0.4, 0.5) is 0 Å². The standard InChI is InChI=1S/C17H17NO7S/c1-22-11-8-13(24-3)12(23-2)7-10(11)17(21)25-9-15(19)18-16(20)14-5-4-6-26-14/h4-8H,9H2,1-3H3,(H,18,19,20). The summed E-state index contributed by atoms with van der Waals surface area (Å²) >= 11 is 1.19. The van der Waals surface area contributed by atoms with E-state index in [4.69, 9.17) is 18.9 Å². The van der Waals surface area contributed by atoms with Crippen molar-refractivity contribution in [1.29, 1.82) is 0 Å². The van der Waals surface area contributed by atoms with Gasteiger partial charge in [-0.15, -0.1) is 11.3 Å². The maximum Gasteiger partial charge on any atom is 0.342 e. The minimum absolute atomic E-state index is 0.0579. The second-order valence-corrected chi connectivity index (χ2v) is 5.79. The summed E-state index contributed by atoms with van der Waals surface area (Å²) in [6.45, 7) is -0.618. The molecule has 1 aromatic heterocycles. The van der Waals surface area contributed by atoms with Gasteiger partial charge in [-0.3, -0.25) is 14.9 Å². The predicted molar refractivity (Wildman–Crippen MR) is 93.2 cm³/mol. The molecular formula is C17H17NO7S. The predicted octanol–water partition coefficient (Wildman–Crippen LogP) is 1.89. The summed E-state index contributed by atoms with van der Waals surface area (Å²) in [5.74, 6) is -1.22. The lowest BCUT2D eigenvalue weighted by Crippen LogP contribution is -2.33. The van der Waals surface area contributed by atoms with Crippen molar-refractivity contribution in [3.63, 3.8) is 0 Å². The third kappa shape index (κ3) is 4.51. The number of benzene rings is 1. The maximum atomic E-state index is 12.2. The van der Waals surface area contributed by atoms with Crippen LogP contribution in [0.15, 0.2) is 29.6 Å². The molecule has 0 atom stereocenters. The van der Waals surface area contributed by atoms with Crippen molar-refractivity contribution in [2.45, 2.75) is 0 Å². The van der Waals surface area contributed by atoms with Crippen LogP contribution in [0, 0.1) is 0 Å². The normalized spacial score (nSPS) is 9.96. The quantitative estimate of drug-likeness (QED) is 0.733. The van der Waals surface area contributed by atoms with Gasteiger partial charge in [0.05, 0.1) is 26.2 Å². The molecule has 1 N–H and O–H groups in total. The Morgan fingerprint density at radius 1 is 1.00 bits per heavy atom. The first-order valence-electron chi connectivity index (χ1n) is 7.35. The second-order valence-electron chi connectivity index (χ2n) is 4.84. The van der Waals surface area contributed by atoms with Gasteiger partial charge in [-0.1, -0.05) is 6.07 Å². The van der Waals surface area contributed by atoms with E-state index in [9.17, 15) is 14.4 Å². The third-order valence-corrected chi connectivity index (χ3v) is 4.13. The topological polar surface area (TPSA) is 100 Å². The van der Waals surface area contributed by atoms with Crippen molar-refractivity contribution < 1.29 is 33.3 Å². The molecule has 26 heavy (non-hydrogen) atoms. The Bertz CT molecular complexity index is 802. The highest BCUT2D eigenvalue weighted by Crippen LogP contribution is 2.34. The van der Waals surface area contributed by atoms with Crippen LogP contribution in [0.5, 0.6) is 17.2 Å². The first-order valence-corrected chi connectivity index (χ1v) is 8.23. The molecule has 0 unspecified atom stereocenters. The van der Waals surface area contributed by atoms with Gasteiger partial charge in [-0.2, -0.15) is 0 Å². The number of esters is 1. The van der Waals surface area contributed by atoms with E-state index in [1.165, 1.54) is 44.8 Å². The monoisotopic (exact) mass is 379 g/mol. The number of ether oxygens (including phenoxy) is 4. The van der Waals surface area contributed by atoms with Crippen LogP contribution in [-0.2, 0) is 9.53 Å². The van der Waals surface area contributed by atoms with Gasteiger partial charge < -0.3 is 18.9 Å². The zero-order valence-electron chi connectivity index (χ0n) is 14.4. The average Bonchev–Trinajstić information content (AvgIpc) is 3.19. The first kappa shape index (κ1) is 19.3. The van der Waals surface area contributed by atoms with Crippen LogP contribution in [-0.4, -0.2) is 45.7 Å². The molecule has 2 aromatic rings. The van der Waals surface area contributed by atoms with Crippen molar-refractivity contribution in [3.8, 4) is 17.2 Å². The Balaban J connectivity index is 2.03. The highest BCUT2D eigenvalue weighted by atomic mass is 32.1. The zero-order valence-corrected chi connectivity index (χ0v) is 15.2. The molecule has 0 aliphatic heterocycles. The van der Waals surface area contributed by atoms with Gasteiger partial charge >= 0.3 is 5.97 Å². The molecule has 2 amide bonds. The minimum Gasteiger partial charge on any atom is -0.496 e. The van der Waals surface area contributed by atoms with E-state index in [0.29, 0.717) is 16.4 Å². The molecule has 0 aliphatic rings. The van der Waals surface area contributed by atoms with Gasteiger partial charge in [0.2, 0.25) is 0 Å². The molecule has 0 saturated carbocycles. The van der Waals surface area contributed by atoms with E-state index in [-0.39, 0.29) is 11.3 Å². The number of imide groups is 1. The zero-order chi connectivity index (χ0) is 19.1. The van der Waals surface area contributed by atoms with Gasteiger partial charge in [0.15, 0.2) is 18.1 Å². The number of amides is 2. The van der Waals surface area contributed by atoms with Gasteiger partial charge in [0, 0.05) is 12.1 Å². The Hall–Kier alpha value is -3.07. The molecular weight excluding hydrogens is 362 g/mol. The lowest BCUT2D eigenvalue weighted by molar-refractivity contribution is -0.123. The largest absolute Gasteiger partial charge is 0.496 e. The number of nitrogens with one attached hydrogen (secondary N) is 1. The van der Waals surface area contributed by atoms with Crippen molar-refractivity contribution in [2.24, 2.45) is 0 Å². The van der Waals surface area contributed by atoms with Gasteiger partial charge in [0.25, 0.3) is 11.8 Å². The summed E-state index contributed by atoms with van der Waals surface area (Å²) in [7, 11) is 4.25. The molecule has 0 fully saturated rings. The van der Waals surface area contributed by atoms with E-state index < -0.39 is 24.4 Å². The minimum atomic E-state index is -0.804. The highest BCUT2D eigenvalue weighted by molar-refractivity contribution is 7.12. The number of rotatable bonds is 7. The fourth-order valence-electron chi connectivity index (χ4n) is 2.03. The number of methoxy groups -OCH3 is 3. The molecule has 0 aliphatic carbocycles. The number of carbonyl (C=O) groups is 3. The van der Waals surface area contributed by atoms with Crippen molar-refractivity contribution in [1.82, 2.24) is 5.32 Å². The van der Waals surface area contributed by atoms with E-state index in [2.05, 4.69) is 5.32 Å². The van der Waals surface area contributed by atoms with Gasteiger partial charge in [-0.05, 0) is 11.4 Å². The molecule has 0 spiro atoms. The van der Waals surface area contributed by atoms with Crippen LogP contribution in [0.3, 0.4) is 0 Å². The second kappa shape index (κ2) is 8.86. The molecule has 0 bridgehead atoms. The molecule has 8 nitrogen and oxygen atoms in total. The summed E-state index contributed by atoms with van der Waals surface area (Å²) in [5, 5.41) is 3.85. The first-order chi connectivity index (χ1) is 12.5. The number of hydrogen-bond acceptors (Lipinski definition) is 8. The van der Waals surface area contributed by atoms with E-state index >= 15 is 0 Å². The van der Waals surface area contributed by atoms with Crippen LogP contribution < -0.4 is 19.5 Å². The maximum absolute atomic E-state index is 12.2. The summed E-state index contributed by atoms with van der Waals surface area (Å²) < 4.78 is 20.4. The summed E-state index contributed by atoms with van der Waals surface area (Å²) in [5.41, 5.74) is 0.0579. The van der Waals surface area contributed by atoms with Crippen molar-refractivity contribution in [3.05, 3.63) is 40.1 Å². The molecule has 1 heterocycles. The Labute approximate surface area is 153 Å². The third-order valence-electron chi connectivity index (χ3n) is 3.26. The highest BCUT2D eigenvalue weighted by Gasteiger charge is 2.20. The summed E-state index contributed by atoms with van der Waals surface area (Å²) in [6.07, 6.45) is 0. The fourth-order valence-corrected chi connectivity index (χ4v) is 2.65. The number of hydrogen-bond donors (Lipinski definition) is 1. The summed E-state index contributed by atoms with van der Waals surface area (Å²) in [4.78, 5) is 36.2. The Kier molecular flexibility index (Phi) is 6.56. The van der Waals surface area contributed by atoms with Crippen LogP contribution in [0.1, 0.15) is 20.0 Å². The molecule has 2 rings (SSSR count). The molecule has 0 radical (unpaired) electrons. The van der Waals surface area contributed by atoms with E-state index in [1.807, 2.05) is 0 Å². The SMILES string of the molecule is COc1cc(OC)c(C(=O)OCC(=O)NC(=O)c2cccs2)cc1OC. The fraction of sp³-hybridized carbons (Fsp3) is 0.235. The number of carbonyl (C=O) groups excluding carboxylic acids is 3. The van der Waals surface area contributed by atoms with Crippen molar-refractivity contribution in [2.75, 3.05) is 27.9 Å². The average molecular weight is 379 g/mol. The molecule has 1 aromatic carbocycles. The van der Waals surface area contributed by atoms with Gasteiger partial charge in [-0.25, -0.2) is 4.79 Å². The smallest absolute Gasteiger partial charge is 0.342 e. The molecule has 9 heteroatoms. The Morgan fingerprint density at radius 3 is 2.23 bits per heavy atom. The Morgan fingerprint density at radius 2 is 1.65 bits per heavy atom. The molecule has 138 valence electrons. The van der Waals surface area contributed by atoms with Crippen molar-refractivity contribution >= 4 is 29.1 Å². The molecule has 0 saturated heterocycles. The van der Waals surface area contributed by atoms with Crippen LogP contribution in [0.2, 0.25) is 0 Å². The lowest BCUT2D eigenvalue weighted by atomic mass is 10.1. The van der Waals surface area contributed by atoms with Crippen LogP contribution >= 0.6 is 11.3 Å². The van der Waals surface area contributed by atoms with Gasteiger partial charge in [0.1, 0.15) is 11.3 Å². The summed E-state index contributed by atoms with van der Waals surface area (Å²) in [6, 6.07) is 6.12. The van der Waals surface area contributed by atoms with E-state index in [1.54, 1.807) is 17.5 Å². The number of thiophene rings is 1. The lowest BCUT2D eigenvalue weighted by Gasteiger charge is -2.13. The van der Waals surface area contributed by atoms with E-state index in [0.717, 1.165) is 0 Å². The van der Waals surface area contributed by atoms with Crippen LogP contribution in [0.25, 0.3) is 0 Å².